The van der Waals surface area contributed by atoms with Crippen molar-refractivity contribution in [3.63, 3.8) is 0 Å². The van der Waals surface area contributed by atoms with Gasteiger partial charge in [-0.1, -0.05) is 29.8 Å². The summed E-state index contributed by atoms with van der Waals surface area (Å²) in [4.78, 5) is 12.2. The minimum atomic E-state index is -3.83. The van der Waals surface area contributed by atoms with Gasteiger partial charge in [0.2, 0.25) is 15.9 Å². The van der Waals surface area contributed by atoms with Crippen molar-refractivity contribution in [2.45, 2.75) is 24.8 Å². The van der Waals surface area contributed by atoms with Gasteiger partial charge < -0.3 is 14.8 Å². The molecule has 28 heavy (non-hydrogen) atoms. The molecule has 7 nitrogen and oxygen atoms in total. The van der Waals surface area contributed by atoms with Crippen LogP contribution in [0.5, 0.6) is 11.5 Å². The minimum Gasteiger partial charge on any atom is -0.490 e. The van der Waals surface area contributed by atoms with Crippen molar-refractivity contribution < 1.29 is 22.7 Å². The Balaban J connectivity index is 1.63. The Labute approximate surface area is 165 Å². The topological polar surface area (TPSA) is 84.9 Å². The SMILES string of the molecule is Cc1ccc(CNC(=O)CN(C)S(=O)(=O)c2ccc3c(c2)OCCCO3)cc1. The lowest BCUT2D eigenvalue weighted by molar-refractivity contribution is -0.121. The fraction of sp³-hybridized carbons (Fsp3) is 0.350. The molecule has 0 bridgehead atoms. The molecule has 0 aromatic heterocycles. The number of aryl methyl sites for hydroxylation is 1. The van der Waals surface area contributed by atoms with Gasteiger partial charge in [0.25, 0.3) is 0 Å². The Kier molecular flexibility index (Phi) is 6.21. The first kappa shape index (κ1) is 20.2. The monoisotopic (exact) mass is 404 g/mol. The number of rotatable bonds is 6. The van der Waals surface area contributed by atoms with Gasteiger partial charge >= 0.3 is 0 Å². The summed E-state index contributed by atoms with van der Waals surface area (Å²) < 4.78 is 37.7. The van der Waals surface area contributed by atoms with Crippen LogP contribution in [0.15, 0.2) is 47.4 Å². The van der Waals surface area contributed by atoms with Gasteiger partial charge in [-0.05, 0) is 24.6 Å². The highest BCUT2D eigenvalue weighted by Crippen LogP contribution is 2.32. The van der Waals surface area contributed by atoms with Crippen molar-refractivity contribution in [3.05, 3.63) is 53.6 Å². The molecule has 0 fully saturated rings. The van der Waals surface area contributed by atoms with Gasteiger partial charge in [-0.3, -0.25) is 4.79 Å². The number of benzene rings is 2. The van der Waals surface area contributed by atoms with Gasteiger partial charge in [0.05, 0.1) is 24.7 Å². The highest BCUT2D eigenvalue weighted by atomic mass is 32.2. The first-order chi connectivity index (χ1) is 13.4. The van der Waals surface area contributed by atoms with Gasteiger partial charge in [-0.15, -0.1) is 0 Å². The molecule has 1 aliphatic rings. The number of sulfonamides is 1. The number of hydrogen-bond donors (Lipinski definition) is 1. The molecular formula is C20H24N2O5S. The molecule has 0 radical (unpaired) electrons. The van der Waals surface area contributed by atoms with Gasteiger partial charge in [-0.25, -0.2) is 8.42 Å². The lowest BCUT2D eigenvalue weighted by Gasteiger charge is -2.18. The molecular weight excluding hydrogens is 380 g/mol. The third-order valence-electron chi connectivity index (χ3n) is 4.40. The van der Waals surface area contributed by atoms with Gasteiger partial charge in [0, 0.05) is 26.1 Å². The number of fused-ring (bicyclic) bond motifs is 1. The van der Waals surface area contributed by atoms with Crippen molar-refractivity contribution in [2.24, 2.45) is 0 Å². The average Bonchev–Trinajstić information content (AvgIpc) is 2.92. The molecule has 8 heteroatoms. The number of likely N-dealkylation sites (N-methyl/N-ethyl adjacent to an activating group) is 1. The van der Waals surface area contributed by atoms with E-state index in [-0.39, 0.29) is 17.3 Å². The molecule has 1 heterocycles. The molecule has 0 aliphatic carbocycles. The Morgan fingerprint density at radius 3 is 2.46 bits per heavy atom. The van der Waals surface area contributed by atoms with E-state index < -0.39 is 10.0 Å². The largest absolute Gasteiger partial charge is 0.490 e. The van der Waals surface area contributed by atoms with Crippen LogP contribution < -0.4 is 14.8 Å². The highest BCUT2D eigenvalue weighted by molar-refractivity contribution is 7.89. The lowest BCUT2D eigenvalue weighted by atomic mass is 10.1. The van der Waals surface area contributed by atoms with E-state index in [4.69, 9.17) is 9.47 Å². The summed E-state index contributed by atoms with van der Waals surface area (Å²) in [7, 11) is -2.45. The number of carbonyl (C=O) groups excluding carboxylic acids is 1. The predicted octanol–water partition coefficient (Wildman–Crippen LogP) is 2.09. The van der Waals surface area contributed by atoms with Crippen molar-refractivity contribution in [1.82, 2.24) is 9.62 Å². The number of hydrogen-bond acceptors (Lipinski definition) is 5. The van der Waals surface area contributed by atoms with Crippen LogP contribution in [-0.4, -0.2) is 45.4 Å². The number of amides is 1. The zero-order valence-corrected chi connectivity index (χ0v) is 16.8. The Hall–Kier alpha value is -2.58. The van der Waals surface area contributed by atoms with Crippen molar-refractivity contribution in [1.29, 1.82) is 0 Å². The smallest absolute Gasteiger partial charge is 0.243 e. The summed E-state index contributed by atoms with van der Waals surface area (Å²) in [5.74, 6) is 0.548. The summed E-state index contributed by atoms with van der Waals surface area (Å²) >= 11 is 0. The molecule has 0 saturated carbocycles. The molecule has 1 aliphatic heterocycles. The predicted molar refractivity (Wildman–Crippen MR) is 105 cm³/mol. The van der Waals surface area contributed by atoms with E-state index >= 15 is 0 Å². The molecule has 0 unspecified atom stereocenters. The molecule has 3 rings (SSSR count). The maximum Gasteiger partial charge on any atom is 0.243 e. The Morgan fingerprint density at radius 1 is 1.07 bits per heavy atom. The Morgan fingerprint density at radius 2 is 1.75 bits per heavy atom. The summed E-state index contributed by atoms with van der Waals surface area (Å²) in [6, 6.07) is 12.3. The molecule has 0 atom stereocenters. The van der Waals surface area contributed by atoms with E-state index in [1.54, 1.807) is 6.07 Å². The van der Waals surface area contributed by atoms with Crippen LogP contribution in [0.4, 0.5) is 0 Å². The van der Waals surface area contributed by atoms with Crippen LogP contribution in [-0.2, 0) is 21.4 Å². The second-order valence-electron chi connectivity index (χ2n) is 6.68. The average molecular weight is 404 g/mol. The van der Waals surface area contributed by atoms with Gasteiger partial charge in [-0.2, -0.15) is 4.31 Å². The van der Waals surface area contributed by atoms with Crippen molar-refractivity contribution in [3.8, 4) is 11.5 Å². The molecule has 150 valence electrons. The number of nitrogens with zero attached hydrogens (tertiary/aromatic N) is 1. The van der Waals surface area contributed by atoms with Crippen LogP contribution >= 0.6 is 0 Å². The van der Waals surface area contributed by atoms with Gasteiger partial charge in [0.1, 0.15) is 0 Å². The molecule has 2 aromatic rings. The first-order valence-corrected chi connectivity index (χ1v) is 10.5. The fourth-order valence-corrected chi connectivity index (χ4v) is 3.88. The molecule has 2 aromatic carbocycles. The van der Waals surface area contributed by atoms with E-state index in [0.717, 1.165) is 21.9 Å². The van der Waals surface area contributed by atoms with Crippen molar-refractivity contribution >= 4 is 15.9 Å². The van der Waals surface area contributed by atoms with E-state index in [1.165, 1.54) is 19.2 Å². The zero-order chi connectivity index (χ0) is 20.1. The maximum atomic E-state index is 12.8. The Bertz CT molecular complexity index is 942. The normalized spacial score (nSPS) is 13.8. The third kappa shape index (κ3) is 4.82. The number of ether oxygens (including phenoxy) is 2. The molecule has 0 spiro atoms. The highest BCUT2D eigenvalue weighted by Gasteiger charge is 2.25. The minimum absolute atomic E-state index is 0.0607. The van der Waals surface area contributed by atoms with Gasteiger partial charge in [0.15, 0.2) is 11.5 Å². The maximum absolute atomic E-state index is 12.8. The summed E-state index contributed by atoms with van der Waals surface area (Å²) in [6.07, 6.45) is 0.734. The van der Waals surface area contributed by atoms with E-state index in [9.17, 15) is 13.2 Å². The van der Waals surface area contributed by atoms with Crippen LogP contribution in [0, 0.1) is 6.92 Å². The van der Waals surface area contributed by atoms with Crippen LogP contribution in [0.2, 0.25) is 0 Å². The summed E-state index contributed by atoms with van der Waals surface area (Å²) in [6.45, 7) is 3.05. The molecule has 0 saturated heterocycles. The van der Waals surface area contributed by atoms with E-state index in [0.29, 0.717) is 31.3 Å². The van der Waals surface area contributed by atoms with Crippen LogP contribution in [0.1, 0.15) is 17.5 Å². The van der Waals surface area contributed by atoms with Crippen molar-refractivity contribution in [2.75, 3.05) is 26.8 Å². The molecule has 1 amide bonds. The standard InChI is InChI=1S/C20H24N2O5S/c1-15-4-6-16(7-5-15)13-21-20(23)14-22(2)28(24,25)17-8-9-18-19(12-17)27-11-3-10-26-18/h4-9,12H,3,10-11,13-14H2,1-2H3,(H,21,23). The first-order valence-electron chi connectivity index (χ1n) is 9.04. The lowest BCUT2D eigenvalue weighted by Crippen LogP contribution is -2.38. The molecule has 1 N–H and O–H groups in total. The summed E-state index contributed by atoms with van der Waals surface area (Å²) in [5, 5.41) is 2.74. The third-order valence-corrected chi connectivity index (χ3v) is 6.20. The summed E-state index contributed by atoms with van der Waals surface area (Å²) in [5.41, 5.74) is 2.09. The number of nitrogens with one attached hydrogen (secondary N) is 1. The van der Waals surface area contributed by atoms with E-state index in [1.807, 2.05) is 31.2 Å². The zero-order valence-electron chi connectivity index (χ0n) is 16.0. The quantitative estimate of drug-likeness (QED) is 0.797. The van der Waals surface area contributed by atoms with Crippen LogP contribution in [0.3, 0.4) is 0 Å². The second kappa shape index (κ2) is 8.62. The fourth-order valence-electron chi connectivity index (χ4n) is 2.73. The van der Waals surface area contributed by atoms with E-state index in [2.05, 4.69) is 5.32 Å². The number of carbonyl (C=O) groups is 1. The van der Waals surface area contributed by atoms with Crippen LogP contribution in [0.25, 0.3) is 0 Å². The second-order valence-corrected chi connectivity index (χ2v) is 8.73.